The van der Waals surface area contributed by atoms with Crippen LogP contribution in [-0.2, 0) is 22.9 Å². The van der Waals surface area contributed by atoms with Crippen LogP contribution in [0.5, 0.6) is 5.75 Å². The van der Waals surface area contributed by atoms with Crippen molar-refractivity contribution in [2.45, 2.75) is 76.7 Å². The number of nitrogens with zero attached hydrogens (tertiary/aromatic N) is 3. The topological polar surface area (TPSA) is 56.1 Å². The van der Waals surface area contributed by atoms with Crippen LogP contribution in [0.15, 0.2) is 28.6 Å². The van der Waals surface area contributed by atoms with Crippen LogP contribution in [-0.4, -0.2) is 54.3 Å². The molecule has 0 aliphatic carbocycles. The Kier molecular flexibility index (Phi) is 7.97. The lowest BCUT2D eigenvalue weighted by Gasteiger charge is -2.22. The van der Waals surface area contributed by atoms with E-state index in [4.69, 9.17) is 9.47 Å². The zero-order valence-corrected chi connectivity index (χ0v) is 22.0. The minimum absolute atomic E-state index is 0.0191. The minimum Gasteiger partial charge on any atom is -0.491 e. The molecule has 198 valence electrons. The van der Waals surface area contributed by atoms with Crippen LogP contribution in [0.4, 0.5) is 13.2 Å². The molecule has 2 aromatic rings. The van der Waals surface area contributed by atoms with E-state index >= 15 is 0 Å². The predicted octanol–water partition coefficient (Wildman–Crippen LogP) is 5.26. The molecule has 6 nitrogen and oxygen atoms in total. The number of ether oxygens (including phenoxy) is 2. The Morgan fingerprint density at radius 1 is 1.22 bits per heavy atom. The molecule has 0 N–H and O–H groups in total. The quantitative estimate of drug-likeness (QED) is 0.517. The summed E-state index contributed by atoms with van der Waals surface area (Å²) >= 11 is 1.31. The van der Waals surface area contributed by atoms with Gasteiger partial charge in [0.05, 0.1) is 23.8 Å². The van der Waals surface area contributed by atoms with Gasteiger partial charge in [0.1, 0.15) is 12.4 Å². The third-order valence-electron chi connectivity index (χ3n) is 6.81. The molecule has 0 unspecified atom stereocenters. The van der Waals surface area contributed by atoms with E-state index in [9.17, 15) is 18.0 Å². The number of amides is 1. The second-order valence-electron chi connectivity index (χ2n) is 10.6. The van der Waals surface area contributed by atoms with E-state index < -0.39 is 17.6 Å². The number of benzene rings is 1. The molecule has 1 aromatic carbocycles. The SMILES string of the molecule is CN1CCC[C@H]1COc1ccc(C(F)(F)F)cc1C(=O)N=c1scc(C(C)(C)C)n1C[C@H]1CCCO1. The molecule has 0 bridgehead atoms. The molecule has 1 amide bonds. The smallest absolute Gasteiger partial charge is 0.416 e. The highest BCUT2D eigenvalue weighted by Crippen LogP contribution is 2.33. The molecule has 0 spiro atoms. The summed E-state index contributed by atoms with van der Waals surface area (Å²) in [6.45, 7) is 8.72. The first-order chi connectivity index (χ1) is 16.9. The standard InChI is InChI=1S/C26H34F3N3O3S/c1-25(2,3)22-16-36-24(32(22)14-19-8-6-12-34-19)30-23(33)20-13-17(26(27,28)29)9-10-21(20)35-15-18-7-5-11-31(18)4/h9-10,13,16,18-19H,5-8,11-12,14-15H2,1-4H3/t18-,19+/m0/s1. The summed E-state index contributed by atoms with van der Waals surface area (Å²) in [5.74, 6) is -0.630. The maximum Gasteiger partial charge on any atom is 0.416 e. The van der Waals surface area contributed by atoms with Crippen molar-refractivity contribution in [3.8, 4) is 5.75 Å². The highest BCUT2D eigenvalue weighted by Gasteiger charge is 2.33. The molecule has 4 rings (SSSR count). The average molecular weight is 526 g/mol. The van der Waals surface area contributed by atoms with Gasteiger partial charge in [0.2, 0.25) is 0 Å². The third-order valence-corrected chi connectivity index (χ3v) is 7.68. The largest absolute Gasteiger partial charge is 0.491 e. The summed E-state index contributed by atoms with van der Waals surface area (Å²) in [7, 11) is 1.99. The van der Waals surface area contributed by atoms with Crippen molar-refractivity contribution >= 4 is 17.2 Å². The Bertz CT molecular complexity index is 1140. The number of alkyl halides is 3. The fourth-order valence-corrected chi connectivity index (χ4v) is 5.83. The Labute approximate surface area is 213 Å². The number of carbonyl (C=O) groups is 1. The first kappa shape index (κ1) is 26.9. The molecule has 2 saturated heterocycles. The monoisotopic (exact) mass is 525 g/mol. The zero-order chi connectivity index (χ0) is 26.1. The van der Waals surface area contributed by atoms with Crippen LogP contribution in [0, 0.1) is 0 Å². The summed E-state index contributed by atoms with van der Waals surface area (Å²) in [6, 6.07) is 3.19. The molecule has 10 heteroatoms. The summed E-state index contributed by atoms with van der Waals surface area (Å²) in [4.78, 5) is 20.3. The van der Waals surface area contributed by atoms with Crippen molar-refractivity contribution in [2.75, 3.05) is 26.8 Å². The Morgan fingerprint density at radius 3 is 2.61 bits per heavy atom. The van der Waals surface area contributed by atoms with E-state index in [0.29, 0.717) is 24.6 Å². The van der Waals surface area contributed by atoms with Crippen molar-refractivity contribution in [2.24, 2.45) is 4.99 Å². The highest BCUT2D eigenvalue weighted by molar-refractivity contribution is 7.07. The molecular weight excluding hydrogens is 491 g/mol. The number of hydrogen-bond donors (Lipinski definition) is 0. The Balaban J connectivity index is 1.70. The second-order valence-corrected chi connectivity index (χ2v) is 11.4. The normalized spacial score (nSPS) is 21.9. The number of aromatic nitrogens is 1. The fraction of sp³-hybridized carbons (Fsp3) is 0.615. The molecule has 0 radical (unpaired) electrons. The third kappa shape index (κ3) is 6.20. The molecule has 36 heavy (non-hydrogen) atoms. The fourth-order valence-electron chi connectivity index (χ4n) is 4.70. The van der Waals surface area contributed by atoms with Gasteiger partial charge < -0.3 is 18.9 Å². The van der Waals surface area contributed by atoms with E-state index in [-0.39, 0.29) is 28.9 Å². The number of carbonyl (C=O) groups excluding carboxylic acids is 1. The van der Waals surface area contributed by atoms with E-state index in [1.807, 2.05) is 17.0 Å². The van der Waals surface area contributed by atoms with E-state index in [1.54, 1.807) is 0 Å². The van der Waals surface area contributed by atoms with Crippen molar-refractivity contribution in [3.63, 3.8) is 0 Å². The van der Waals surface area contributed by atoms with Gasteiger partial charge in [-0.05, 0) is 57.5 Å². The summed E-state index contributed by atoms with van der Waals surface area (Å²) in [6.07, 6.45) is -0.684. The van der Waals surface area contributed by atoms with Crippen molar-refractivity contribution in [3.05, 3.63) is 45.2 Å². The van der Waals surface area contributed by atoms with Crippen LogP contribution in [0.25, 0.3) is 0 Å². The van der Waals surface area contributed by atoms with Crippen LogP contribution in [0.1, 0.15) is 68.1 Å². The molecule has 2 atom stereocenters. The van der Waals surface area contributed by atoms with E-state index in [2.05, 4.69) is 30.7 Å². The summed E-state index contributed by atoms with van der Waals surface area (Å²) < 4.78 is 54.2. The number of likely N-dealkylation sites (tertiary alicyclic amines) is 1. The van der Waals surface area contributed by atoms with Gasteiger partial charge in [-0.15, -0.1) is 11.3 Å². The van der Waals surface area contributed by atoms with Gasteiger partial charge in [-0.3, -0.25) is 4.79 Å². The molecular formula is C26H34F3N3O3S. The van der Waals surface area contributed by atoms with E-state index in [0.717, 1.165) is 50.1 Å². The van der Waals surface area contributed by atoms with E-state index in [1.165, 1.54) is 17.4 Å². The second kappa shape index (κ2) is 10.7. The van der Waals surface area contributed by atoms with Gasteiger partial charge in [0, 0.05) is 29.1 Å². The molecule has 3 heterocycles. The number of likely N-dealkylation sites (N-methyl/N-ethyl adjacent to an activating group) is 1. The lowest BCUT2D eigenvalue weighted by atomic mass is 9.93. The van der Waals surface area contributed by atoms with Crippen molar-refractivity contribution < 1.29 is 27.4 Å². The van der Waals surface area contributed by atoms with Crippen molar-refractivity contribution in [1.29, 1.82) is 0 Å². The zero-order valence-electron chi connectivity index (χ0n) is 21.2. The first-order valence-electron chi connectivity index (χ1n) is 12.4. The molecule has 1 aromatic heterocycles. The first-order valence-corrected chi connectivity index (χ1v) is 13.2. The summed E-state index contributed by atoms with van der Waals surface area (Å²) in [5.41, 5.74) is -0.289. The minimum atomic E-state index is -4.58. The lowest BCUT2D eigenvalue weighted by molar-refractivity contribution is -0.137. The van der Waals surface area contributed by atoms with Crippen LogP contribution < -0.4 is 9.54 Å². The predicted molar refractivity (Wildman–Crippen MR) is 132 cm³/mol. The molecule has 2 fully saturated rings. The number of hydrogen-bond acceptors (Lipinski definition) is 5. The summed E-state index contributed by atoms with van der Waals surface area (Å²) in [5, 5.41) is 1.96. The van der Waals surface area contributed by atoms with Crippen LogP contribution >= 0.6 is 11.3 Å². The molecule has 2 aliphatic heterocycles. The Hall–Kier alpha value is -2.17. The van der Waals surface area contributed by atoms with Crippen LogP contribution in [0.3, 0.4) is 0 Å². The van der Waals surface area contributed by atoms with Gasteiger partial charge in [0.15, 0.2) is 4.80 Å². The van der Waals surface area contributed by atoms with Crippen molar-refractivity contribution in [1.82, 2.24) is 9.47 Å². The number of halogens is 3. The average Bonchev–Trinajstić information content (AvgIpc) is 3.54. The lowest BCUT2D eigenvalue weighted by Crippen LogP contribution is -2.31. The number of rotatable bonds is 6. The Morgan fingerprint density at radius 2 is 2.00 bits per heavy atom. The van der Waals surface area contributed by atoms with Gasteiger partial charge in [-0.1, -0.05) is 20.8 Å². The maximum absolute atomic E-state index is 13.5. The van der Waals surface area contributed by atoms with Gasteiger partial charge in [-0.25, -0.2) is 0 Å². The number of thiazole rings is 1. The molecule has 0 saturated carbocycles. The van der Waals surface area contributed by atoms with Crippen LogP contribution in [0.2, 0.25) is 0 Å². The van der Waals surface area contributed by atoms with Gasteiger partial charge in [0.25, 0.3) is 5.91 Å². The maximum atomic E-state index is 13.5. The highest BCUT2D eigenvalue weighted by atomic mass is 32.1. The van der Waals surface area contributed by atoms with Gasteiger partial charge >= 0.3 is 6.18 Å². The molecule has 2 aliphatic rings. The van der Waals surface area contributed by atoms with Gasteiger partial charge in [-0.2, -0.15) is 18.2 Å².